The van der Waals surface area contributed by atoms with Gasteiger partial charge in [0, 0.05) is 47.0 Å². The van der Waals surface area contributed by atoms with Gasteiger partial charge in [0.1, 0.15) is 37.1 Å². The fraction of sp³-hybridized carbons (Fsp3) is 0.561. The van der Waals surface area contributed by atoms with Gasteiger partial charge in [-0.05, 0) is 59.2 Å². The number of amides is 1. The van der Waals surface area contributed by atoms with Crippen LogP contribution in [0.15, 0.2) is 81.1 Å². The van der Waals surface area contributed by atoms with E-state index in [1.165, 1.54) is 36.4 Å². The van der Waals surface area contributed by atoms with E-state index in [1.807, 2.05) is 0 Å². The van der Waals surface area contributed by atoms with Crippen molar-refractivity contribution in [1.82, 2.24) is 5.32 Å². The lowest BCUT2D eigenvalue weighted by Gasteiger charge is -2.48. The fourth-order valence-corrected chi connectivity index (χ4v) is 7.81. The average Bonchev–Trinajstić information content (AvgIpc) is 3.65. The molecule has 5 rings (SSSR count). The summed E-state index contributed by atoms with van der Waals surface area (Å²) in [4.78, 5) is 89.6. The van der Waals surface area contributed by atoms with Crippen molar-refractivity contribution in [3.05, 3.63) is 114 Å². The van der Waals surface area contributed by atoms with Crippen LogP contribution in [0.4, 0.5) is 0 Å². The molecule has 2 aliphatic heterocycles. The van der Waals surface area contributed by atoms with Gasteiger partial charge >= 0.3 is 29.8 Å². The van der Waals surface area contributed by atoms with Crippen LogP contribution in [0.3, 0.4) is 0 Å². The summed E-state index contributed by atoms with van der Waals surface area (Å²) in [6, 6.07) is 10.1. The average molecular weight is 994 g/mol. The van der Waals surface area contributed by atoms with E-state index < -0.39 is 147 Å². The molecule has 378 valence electrons. The smallest absolute Gasteiger partial charge is 0.338 e. The molecule has 1 saturated carbocycles. The lowest BCUT2D eigenvalue weighted by atomic mass is 9.83. The first-order valence-corrected chi connectivity index (χ1v) is 21.5. The van der Waals surface area contributed by atoms with Gasteiger partial charge < -0.3 is 58.2 Å². The molecular weight excluding hydrogens is 947 g/mol. The summed E-state index contributed by atoms with van der Waals surface area (Å²) < 4.78 is 53.0. The highest BCUT2D eigenvalue weighted by molar-refractivity contribution is 5.90. The molecule has 0 radical (unpaired) electrons. The van der Waals surface area contributed by atoms with E-state index in [0.717, 1.165) is 20.8 Å². The Morgan fingerprint density at radius 3 is 1.83 bits per heavy atom. The molecule has 2 heterocycles. The van der Waals surface area contributed by atoms with Crippen LogP contribution in [0.2, 0.25) is 0 Å². The number of carbonyl (C=O) groups excluding carboxylic acids is 6. The van der Waals surface area contributed by atoms with Gasteiger partial charge in [-0.2, -0.15) is 0 Å². The summed E-state index contributed by atoms with van der Waals surface area (Å²) in [5.41, 5.74) is 37.7. The highest BCUT2D eigenvalue weighted by atomic mass is 16.8. The molecule has 71 heavy (non-hydrogen) atoms. The van der Waals surface area contributed by atoms with Crippen molar-refractivity contribution in [1.29, 1.82) is 0 Å². The SMILES string of the molecule is CC(=O)OCC1O[C@H](O[C@@H]2C(N=[N+]=[N-])C[C@@H](NC(=O)[C@H](CCN=[N+]=[N-])OC(C)=O)[C@@H](OC(C)=O)C2O[C@@H]2O[C@H](CN=[N+]=[N-])C(OC(=O)c3ccccc3)[C@@H]2OC(=O)c2ccccc2)C(N=[N+]=[N-])[C@@H](O)[C@@H]1O. The lowest BCUT2D eigenvalue weighted by molar-refractivity contribution is -0.311. The summed E-state index contributed by atoms with van der Waals surface area (Å²) in [7, 11) is 0. The van der Waals surface area contributed by atoms with Crippen LogP contribution in [-0.4, -0.2) is 157 Å². The van der Waals surface area contributed by atoms with E-state index in [4.69, 9.17) is 48.2 Å². The largest absolute Gasteiger partial charge is 0.463 e. The number of azide groups is 4. The Morgan fingerprint density at radius 2 is 1.27 bits per heavy atom. The number of aliphatic hydroxyl groups excluding tert-OH is 2. The molecule has 15 atom stereocenters. The molecule has 3 fully saturated rings. The van der Waals surface area contributed by atoms with Crippen LogP contribution in [0.5, 0.6) is 0 Å². The third-order valence-electron chi connectivity index (χ3n) is 10.9. The molecular formula is C41H47N13O17. The summed E-state index contributed by atoms with van der Waals surface area (Å²) in [5, 5.41) is 39.1. The summed E-state index contributed by atoms with van der Waals surface area (Å²) in [5.74, 6) is -5.77. The number of aliphatic hydroxyl groups is 2. The van der Waals surface area contributed by atoms with Crippen molar-refractivity contribution in [2.75, 3.05) is 19.7 Å². The Balaban J connectivity index is 1.68. The number of hydrogen-bond acceptors (Lipinski definition) is 21. The molecule has 0 aromatic heterocycles. The normalized spacial score (nSPS) is 29.1. The minimum atomic E-state index is -1.98. The Kier molecular flexibility index (Phi) is 20.1. The molecule has 0 bridgehead atoms. The highest BCUT2D eigenvalue weighted by Crippen LogP contribution is 2.38. The van der Waals surface area contributed by atoms with Gasteiger partial charge in [-0.15, -0.1) is 0 Å². The van der Waals surface area contributed by atoms with Crippen LogP contribution in [-0.2, 0) is 61.8 Å². The third-order valence-corrected chi connectivity index (χ3v) is 10.9. The maximum atomic E-state index is 14.0. The molecule has 30 heteroatoms. The minimum absolute atomic E-state index is 0.00821. The zero-order valence-electron chi connectivity index (χ0n) is 37.9. The first-order chi connectivity index (χ1) is 34.1. The van der Waals surface area contributed by atoms with Crippen molar-refractivity contribution in [3.8, 4) is 0 Å². The van der Waals surface area contributed by atoms with Crippen molar-refractivity contribution >= 4 is 35.8 Å². The highest BCUT2D eigenvalue weighted by Gasteiger charge is 2.57. The Bertz CT molecular complexity index is 2420. The number of benzene rings is 2. The van der Waals surface area contributed by atoms with Gasteiger partial charge in [-0.3, -0.25) is 19.2 Å². The van der Waals surface area contributed by atoms with E-state index in [9.17, 15) is 55.6 Å². The van der Waals surface area contributed by atoms with Gasteiger partial charge in [0.2, 0.25) is 0 Å². The first-order valence-electron chi connectivity index (χ1n) is 21.5. The second-order valence-electron chi connectivity index (χ2n) is 15.7. The van der Waals surface area contributed by atoms with Gasteiger partial charge in [-0.25, -0.2) is 9.59 Å². The number of esters is 5. The monoisotopic (exact) mass is 993 g/mol. The zero-order valence-corrected chi connectivity index (χ0v) is 37.9. The molecule has 2 aromatic carbocycles. The summed E-state index contributed by atoms with van der Waals surface area (Å²) in [6.07, 6.45) is -22.3. The molecule has 1 amide bonds. The first kappa shape index (κ1) is 54.2. The van der Waals surface area contributed by atoms with Crippen LogP contribution < -0.4 is 5.32 Å². The molecule has 3 aliphatic rings. The van der Waals surface area contributed by atoms with Gasteiger partial charge in [0.25, 0.3) is 5.91 Å². The van der Waals surface area contributed by atoms with Crippen molar-refractivity contribution in [3.63, 3.8) is 0 Å². The van der Waals surface area contributed by atoms with Crippen LogP contribution >= 0.6 is 0 Å². The second kappa shape index (κ2) is 26.3. The quantitative estimate of drug-likeness (QED) is 0.0532. The number of carbonyl (C=O) groups is 6. The number of rotatable bonds is 21. The van der Waals surface area contributed by atoms with Gasteiger partial charge in [0.05, 0.1) is 42.0 Å². The van der Waals surface area contributed by atoms with Gasteiger partial charge in [0.15, 0.2) is 37.0 Å². The predicted octanol–water partition coefficient (Wildman–Crippen LogP) is 3.06. The molecule has 2 aromatic rings. The van der Waals surface area contributed by atoms with E-state index >= 15 is 0 Å². The van der Waals surface area contributed by atoms with E-state index in [0.29, 0.717) is 0 Å². The maximum absolute atomic E-state index is 14.0. The molecule has 30 nitrogen and oxygen atoms in total. The lowest BCUT2D eigenvalue weighted by Crippen LogP contribution is -2.67. The molecule has 1 aliphatic carbocycles. The molecule has 2 saturated heterocycles. The third kappa shape index (κ3) is 14.6. The van der Waals surface area contributed by atoms with E-state index in [-0.39, 0.29) is 24.1 Å². The predicted molar refractivity (Wildman–Crippen MR) is 233 cm³/mol. The van der Waals surface area contributed by atoms with E-state index in [1.54, 1.807) is 24.3 Å². The maximum Gasteiger partial charge on any atom is 0.338 e. The van der Waals surface area contributed by atoms with E-state index in [2.05, 4.69) is 45.4 Å². The summed E-state index contributed by atoms with van der Waals surface area (Å²) >= 11 is 0. The Morgan fingerprint density at radius 1 is 0.676 bits per heavy atom. The summed E-state index contributed by atoms with van der Waals surface area (Å²) in [6.45, 7) is 1.44. The number of nitrogens with one attached hydrogen (secondary N) is 1. The Hall–Kier alpha value is -7.74. The van der Waals surface area contributed by atoms with Gasteiger partial charge in [-0.1, -0.05) is 56.9 Å². The Labute approximate surface area is 401 Å². The molecule has 3 N–H and O–H groups in total. The fourth-order valence-electron chi connectivity index (χ4n) is 7.81. The van der Waals surface area contributed by atoms with Crippen LogP contribution in [0.1, 0.15) is 54.3 Å². The molecule has 0 spiro atoms. The van der Waals surface area contributed by atoms with Crippen LogP contribution in [0, 0.1) is 0 Å². The zero-order chi connectivity index (χ0) is 51.6. The second-order valence-corrected chi connectivity index (χ2v) is 15.7. The van der Waals surface area contributed by atoms with Crippen molar-refractivity contribution < 1.29 is 81.6 Å². The topological polar surface area (TPSA) is 433 Å². The van der Waals surface area contributed by atoms with Crippen molar-refractivity contribution in [2.45, 2.75) is 125 Å². The minimum Gasteiger partial charge on any atom is -0.463 e. The molecule has 5 unspecified atom stereocenters. The standard InChI is InChI=1S/C41H47N13O17/c1-19(55)63-18-28-30(58)31(59)29(50-54-45)40(67-28)70-33-25(49-53-44)16-24(48-37(60)26(64-20(2)56)14-15-46-51-42)32(65-21(3)57)35(33)71-41-36(69-39(62)23-12-8-5-9-13-23)34(27(66-41)17-47-52-43)68-38(61)22-10-6-4-7-11-22/h4-13,24-36,40-41,58-59H,14-18H2,1-3H3,(H,48,60)/t24-,25?,26+,27-,28?,29?,30-,31-,32-,33-,34?,35?,36+,40-,41+/m1/s1. The number of ether oxygens (including phenoxy) is 9. The number of nitrogens with zero attached hydrogens (tertiary/aromatic N) is 12. The van der Waals surface area contributed by atoms with Crippen molar-refractivity contribution in [2.24, 2.45) is 20.5 Å². The number of hydrogen-bond donors (Lipinski definition) is 3. The van der Waals surface area contributed by atoms with Crippen LogP contribution in [0.25, 0.3) is 41.8 Å².